The standard InChI is InChI=1S/C10H14Cl2N2O2S/c1-3-14(4-2)17(15,16)10-6-7(11)9(13)5-8(10)12/h5-6H,3-4,13H2,1-2H3. The van der Waals surface area contributed by atoms with E-state index in [1.807, 2.05) is 0 Å². The molecule has 0 amide bonds. The van der Waals surface area contributed by atoms with Crippen LogP contribution in [-0.4, -0.2) is 25.8 Å². The average Bonchev–Trinajstić information content (AvgIpc) is 2.24. The molecule has 1 aromatic rings. The first-order chi connectivity index (χ1) is 7.84. The number of nitrogens with zero attached hydrogens (tertiary/aromatic N) is 1. The number of halogens is 2. The number of hydrogen-bond acceptors (Lipinski definition) is 3. The van der Waals surface area contributed by atoms with Crippen LogP contribution in [0.3, 0.4) is 0 Å². The number of hydrogen-bond donors (Lipinski definition) is 1. The summed E-state index contributed by atoms with van der Waals surface area (Å²) in [5.41, 5.74) is 5.81. The Balaban J connectivity index is 3.38. The van der Waals surface area contributed by atoms with E-state index in [9.17, 15) is 8.42 Å². The lowest BCUT2D eigenvalue weighted by atomic mass is 10.3. The van der Waals surface area contributed by atoms with Crippen LogP contribution in [0.2, 0.25) is 10.0 Å². The van der Waals surface area contributed by atoms with Crippen LogP contribution in [0.4, 0.5) is 5.69 Å². The molecular formula is C10H14Cl2N2O2S. The molecule has 0 saturated heterocycles. The first-order valence-electron chi connectivity index (χ1n) is 5.09. The highest BCUT2D eigenvalue weighted by molar-refractivity contribution is 7.89. The maximum atomic E-state index is 12.2. The predicted octanol–water partition coefficient (Wildman–Crippen LogP) is 2.61. The largest absolute Gasteiger partial charge is 0.397 e. The van der Waals surface area contributed by atoms with Crippen molar-refractivity contribution in [2.45, 2.75) is 18.7 Å². The van der Waals surface area contributed by atoms with Crippen LogP contribution < -0.4 is 5.73 Å². The van der Waals surface area contributed by atoms with E-state index >= 15 is 0 Å². The third-order valence-corrected chi connectivity index (χ3v) is 5.22. The molecule has 0 heterocycles. The Hall–Kier alpha value is -0.490. The summed E-state index contributed by atoms with van der Waals surface area (Å²) < 4.78 is 25.7. The van der Waals surface area contributed by atoms with E-state index in [1.54, 1.807) is 13.8 Å². The average molecular weight is 297 g/mol. The topological polar surface area (TPSA) is 63.4 Å². The normalized spacial score (nSPS) is 12.1. The zero-order valence-electron chi connectivity index (χ0n) is 9.57. The molecule has 0 unspecified atom stereocenters. The van der Waals surface area contributed by atoms with Crippen LogP contribution in [0.15, 0.2) is 17.0 Å². The van der Waals surface area contributed by atoms with E-state index in [0.29, 0.717) is 13.1 Å². The number of anilines is 1. The van der Waals surface area contributed by atoms with E-state index in [4.69, 9.17) is 28.9 Å². The van der Waals surface area contributed by atoms with E-state index in [1.165, 1.54) is 16.4 Å². The van der Waals surface area contributed by atoms with Gasteiger partial charge < -0.3 is 5.73 Å². The summed E-state index contributed by atoms with van der Waals surface area (Å²) in [5.74, 6) is 0. The van der Waals surface area contributed by atoms with Gasteiger partial charge in [-0.25, -0.2) is 8.42 Å². The molecule has 2 N–H and O–H groups in total. The van der Waals surface area contributed by atoms with Crippen molar-refractivity contribution >= 4 is 38.9 Å². The Morgan fingerprint density at radius 3 is 2.18 bits per heavy atom. The summed E-state index contributed by atoms with van der Waals surface area (Å²) in [7, 11) is -3.61. The first-order valence-corrected chi connectivity index (χ1v) is 7.28. The van der Waals surface area contributed by atoms with Gasteiger partial charge in [-0.15, -0.1) is 0 Å². The van der Waals surface area contributed by atoms with Gasteiger partial charge in [0, 0.05) is 13.1 Å². The molecule has 0 fully saturated rings. The molecule has 96 valence electrons. The molecule has 0 radical (unpaired) electrons. The summed E-state index contributed by atoms with van der Waals surface area (Å²) in [5, 5.41) is 0.263. The lowest BCUT2D eigenvalue weighted by molar-refractivity contribution is 0.445. The van der Waals surface area contributed by atoms with Crippen molar-refractivity contribution in [2.75, 3.05) is 18.8 Å². The highest BCUT2D eigenvalue weighted by atomic mass is 35.5. The predicted molar refractivity (Wildman–Crippen MR) is 71.0 cm³/mol. The van der Waals surface area contributed by atoms with E-state index in [-0.39, 0.29) is 20.6 Å². The molecule has 4 nitrogen and oxygen atoms in total. The summed E-state index contributed by atoms with van der Waals surface area (Å²) in [4.78, 5) is -0.0120. The zero-order chi connectivity index (χ0) is 13.2. The quantitative estimate of drug-likeness (QED) is 0.869. The molecule has 0 saturated carbocycles. The van der Waals surface area contributed by atoms with Crippen molar-refractivity contribution in [3.8, 4) is 0 Å². The molecule has 0 aromatic heterocycles. The molecule has 0 spiro atoms. The molecule has 0 aliphatic heterocycles. The minimum absolute atomic E-state index is 0.0120. The Morgan fingerprint density at radius 1 is 1.18 bits per heavy atom. The third-order valence-electron chi connectivity index (χ3n) is 2.37. The van der Waals surface area contributed by atoms with Crippen LogP contribution in [0, 0.1) is 0 Å². The summed E-state index contributed by atoms with van der Waals surface area (Å²) in [6.07, 6.45) is 0. The molecule has 0 aliphatic carbocycles. The lowest BCUT2D eigenvalue weighted by Crippen LogP contribution is -2.30. The molecule has 7 heteroatoms. The fourth-order valence-corrected chi connectivity index (χ4v) is 3.67. The second-order valence-electron chi connectivity index (χ2n) is 3.39. The zero-order valence-corrected chi connectivity index (χ0v) is 11.9. The van der Waals surface area contributed by atoms with Crippen molar-refractivity contribution < 1.29 is 8.42 Å². The Bertz CT molecular complexity index is 513. The van der Waals surface area contributed by atoms with Gasteiger partial charge in [0.1, 0.15) is 4.90 Å². The molecule has 17 heavy (non-hydrogen) atoms. The monoisotopic (exact) mass is 296 g/mol. The molecular weight excluding hydrogens is 283 g/mol. The second-order valence-corrected chi connectivity index (χ2v) is 6.11. The fraction of sp³-hybridized carbons (Fsp3) is 0.400. The second kappa shape index (κ2) is 5.44. The van der Waals surface area contributed by atoms with Gasteiger partial charge in [-0.1, -0.05) is 37.0 Å². The summed E-state index contributed by atoms with van der Waals surface area (Å²) >= 11 is 11.7. The summed E-state index contributed by atoms with van der Waals surface area (Å²) in [6.45, 7) is 4.26. The van der Waals surface area contributed by atoms with Crippen LogP contribution >= 0.6 is 23.2 Å². The smallest absolute Gasteiger partial charge is 0.244 e. The number of nitrogens with two attached hydrogens (primary N) is 1. The maximum absolute atomic E-state index is 12.2. The summed E-state index contributed by atoms with van der Waals surface area (Å²) in [6, 6.07) is 2.63. The Morgan fingerprint density at radius 2 is 1.71 bits per heavy atom. The van der Waals surface area contributed by atoms with E-state index in [2.05, 4.69) is 0 Å². The molecule has 0 aliphatic rings. The van der Waals surface area contributed by atoms with Gasteiger partial charge >= 0.3 is 0 Å². The van der Waals surface area contributed by atoms with Crippen molar-refractivity contribution in [3.05, 3.63) is 22.2 Å². The maximum Gasteiger partial charge on any atom is 0.244 e. The van der Waals surface area contributed by atoms with Gasteiger partial charge in [-0.2, -0.15) is 4.31 Å². The lowest BCUT2D eigenvalue weighted by Gasteiger charge is -2.19. The van der Waals surface area contributed by atoms with Crippen molar-refractivity contribution in [1.29, 1.82) is 0 Å². The van der Waals surface area contributed by atoms with Gasteiger partial charge in [0.25, 0.3) is 0 Å². The van der Waals surface area contributed by atoms with E-state index in [0.717, 1.165) is 0 Å². The Labute approximate surface area is 111 Å². The molecule has 0 atom stereocenters. The van der Waals surface area contributed by atoms with Gasteiger partial charge in [0.15, 0.2) is 0 Å². The number of sulfonamides is 1. The highest BCUT2D eigenvalue weighted by Crippen LogP contribution is 2.31. The van der Waals surface area contributed by atoms with Crippen molar-refractivity contribution in [3.63, 3.8) is 0 Å². The van der Waals surface area contributed by atoms with Gasteiger partial charge in [-0.05, 0) is 12.1 Å². The number of nitrogen functional groups attached to an aromatic ring is 1. The molecule has 1 rings (SSSR count). The van der Waals surface area contributed by atoms with Crippen LogP contribution in [0.5, 0.6) is 0 Å². The highest BCUT2D eigenvalue weighted by Gasteiger charge is 2.25. The van der Waals surface area contributed by atoms with Gasteiger partial charge in [-0.3, -0.25) is 0 Å². The first kappa shape index (κ1) is 14.6. The fourth-order valence-electron chi connectivity index (χ4n) is 1.44. The van der Waals surface area contributed by atoms with E-state index < -0.39 is 10.0 Å². The minimum atomic E-state index is -3.61. The molecule has 1 aromatic carbocycles. The Kier molecular flexibility index (Phi) is 4.66. The third kappa shape index (κ3) is 2.85. The SMILES string of the molecule is CCN(CC)S(=O)(=O)c1cc(Cl)c(N)cc1Cl. The van der Waals surface area contributed by atoms with Crippen LogP contribution in [0.1, 0.15) is 13.8 Å². The van der Waals surface area contributed by atoms with Gasteiger partial charge in [0.2, 0.25) is 10.0 Å². The molecule has 0 bridgehead atoms. The van der Waals surface area contributed by atoms with Crippen LogP contribution in [-0.2, 0) is 10.0 Å². The van der Waals surface area contributed by atoms with Crippen molar-refractivity contribution in [1.82, 2.24) is 4.31 Å². The van der Waals surface area contributed by atoms with Crippen LogP contribution in [0.25, 0.3) is 0 Å². The minimum Gasteiger partial charge on any atom is -0.397 e. The number of benzene rings is 1. The van der Waals surface area contributed by atoms with Crippen molar-refractivity contribution in [2.24, 2.45) is 0 Å². The number of rotatable bonds is 4. The van der Waals surface area contributed by atoms with Gasteiger partial charge in [0.05, 0.1) is 15.7 Å².